The number of aliphatic hydroxyl groups is 1. The first kappa shape index (κ1) is 18.8. The number of nitrogens with zero attached hydrogens (tertiary/aromatic N) is 3. The van der Waals surface area contributed by atoms with Crippen LogP contribution < -0.4 is 0 Å². The summed E-state index contributed by atoms with van der Waals surface area (Å²) in [7, 11) is 0. The lowest BCUT2D eigenvalue weighted by Gasteiger charge is -2.32. The molecule has 1 aliphatic rings. The molecule has 1 aromatic carbocycles. The minimum absolute atomic E-state index is 0.00865. The third-order valence-corrected chi connectivity index (χ3v) is 3.66. The van der Waals surface area contributed by atoms with Gasteiger partial charge in [-0.05, 0) is 24.5 Å². The molecule has 1 aromatic rings. The van der Waals surface area contributed by atoms with E-state index in [0.29, 0.717) is 0 Å². The lowest BCUT2D eigenvalue weighted by atomic mass is 9.99. The molecule has 0 fully saturated rings. The van der Waals surface area contributed by atoms with E-state index in [0.717, 1.165) is 24.3 Å². The van der Waals surface area contributed by atoms with Crippen LogP contribution in [0.25, 0.3) is 0 Å². The fourth-order valence-electron chi connectivity index (χ4n) is 2.48. The molecule has 0 saturated heterocycles. The number of nitro groups is 1. The number of rotatable bonds is 4. The number of nitro benzene ring substituents is 1. The molecule has 10 heteroatoms. The number of amides is 1. The van der Waals surface area contributed by atoms with Crippen LogP contribution in [0, 0.1) is 16.0 Å². The van der Waals surface area contributed by atoms with Gasteiger partial charge in [-0.15, -0.1) is 0 Å². The normalized spacial score (nSPS) is 20.8. The fraction of sp³-hybridized carbons (Fsp3) is 0.467. The van der Waals surface area contributed by atoms with Crippen LogP contribution in [0.5, 0.6) is 0 Å². The standard InChI is InChI=1S/C15H16F3N3O4/c1-9(2)7-11-8-14(23,15(16,17)18)20(19-11)13(22)10-3-5-12(6-4-10)21(24)25/h3-6,9,23H,7-8H2,1-2H3. The summed E-state index contributed by atoms with van der Waals surface area (Å²) in [4.78, 5) is 22.3. The molecule has 1 aliphatic heterocycles. The second-order valence-corrected chi connectivity index (χ2v) is 6.18. The van der Waals surface area contributed by atoms with E-state index in [4.69, 9.17) is 0 Å². The second kappa shape index (κ2) is 6.43. The van der Waals surface area contributed by atoms with Crippen LogP contribution >= 0.6 is 0 Å². The third kappa shape index (κ3) is 3.63. The van der Waals surface area contributed by atoms with Crippen molar-refractivity contribution < 1.29 is 28.0 Å². The van der Waals surface area contributed by atoms with Gasteiger partial charge in [-0.1, -0.05) is 13.8 Å². The first-order chi connectivity index (χ1) is 11.5. The van der Waals surface area contributed by atoms with E-state index in [-0.39, 0.29) is 34.3 Å². The minimum atomic E-state index is -5.11. The van der Waals surface area contributed by atoms with E-state index in [1.807, 2.05) is 0 Å². The van der Waals surface area contributed by atoms with E-state index in [1.165, 1.54) is 0 Å². The molecule has 1 amide bonds. The first-order valence-corrected chi connectivity index (χ1v) is 7.40. The third-order valence-electron chi connectivity index (χ3n) is 3.66. The molecule has 1 heterocycles. The maximum atomic E-state index is 13.3. The van der Waals surface area contributed by atoms with E-state index in [2.05, 4.69) is 5.10 Å². The molecular formula is C15H16F3N3O4. The second-order valence-electron chi connectivity index (χ2n) is 6.18. The summed E-state index contributed by atoms with van der Waals surface area (Å²) in [6.07, 6.45) is -5.73. The molecule has 0 aliphatic carbocycles. The Labute approximate surface area is 140 Å². The van der Waals surface area contributed by atoms with Gasteiger partial charge in [0.2, 0.25) is 0 Å². The number of hydrazone groups is 1. The van der Waals surface area contributed by atoms with Gasteiger partial charge in [0, 0.05) is 29.8 Å². The van der Waals surface area contributed by atoms with Crippen molar-refractivity contribution in [3.63, 3.8) is 0 Å². The van der Waals surface area contributed by atoms with Gasteiger partial charge in [0.15, 0.2) is 0 Å². The van der Waals surface area contributed by atoms with E-state index >= 15 is 0 Å². The number of carbonyl (C=O) groups is 1. The van der Waals surface area contributed by atoms with Crippen LogP contribution in [-0.4, -0.2) is 38.6 Å². The van der Waals surface area contributed by atoms with Crippen molar-refractivity contribution >= 4 is 17.3 Å². The zero-order valence-corrected chi connectivity index (χ0v) is 13.4. The van der Waals surface area contributed by atoms with Crippen LogP contribution in [-0.2, 0) is 0 Å². The van der Waals surface area contributed by atoms with Crippen LogP contribution in [0.2, 0.25) is 0 Å². The molecule has 1 atom stereocenters. The lowest BCUT2D eigenvalue weighted by Crippen LogP contribution is -2.56. The SMILES string of the molecule is CC(C)CC1=NN(C(=O)c2ccc([N+](=O)[O-])cc2)C(O)(C(F)(F)F)C1. The van der Waals surface area contributed by atoms with Gasteiger partial charge in [-0.25, -0.2) is 0 Å². The van der Waals surface area contributed by atoms with Gasteiger partial charge in [-0.3, -0.25) is 14.9 Å². The van der Waals surface area contributed by atoms with Crippen LogP contribution in [0.3, 0.4) is 0 Å². The van der Waals surface area contributed by atoms with Crippen molar-refractivity contribution in [2.45, 2.75) is 38.6 Å². The molecule has 0 saturated carbocycles. The van der Waals surface area contributed by atoms with Gasteiger partial charge >= 0.3 is 6.18 Å². The Kier molecular flexibility index (Phi) is 4.85. The Bertz CT molecular complexity index is 716. The number of hydrogen-bond acceptors (Lipinski definition) is 5. The number of carbonyl (C=O) groups excluding carboxylic acids is 1. The number of benzene rings is 1. The monoisotopic (exact) mass is 359 g/mol. The van der Waals surface area contributed by atoms with Crippen molar-refractivity contribution in [2.75, 3.05) is 0 Å². The molecule has 7 nitrogen and oxygen atoms in total. The highest BCUT2D eigenvalue weighted by Crippen LogP contribution is 2.41. The molecular weight excluding hydrogens is 343 g/mol. The summed E-state index contributed by atoms with van der Waals surface area (Å²) in [6, 6.07) is 4.03. The average Bonchev–Trinajstić information content (AvgIpc) is 2.83. The highest BCUT2D eigenvalue weighted by atomic mass is 19.4. The molecule has 0 radical (unpaired) electrons. The molecule has 0 aromatic heterocycles. The Hall–Kier alpha value is -2.49. The number of halogens is 3. The van der Waals surface area contributed by atoms with E-state index in [9.17, 15) is 33.2 Å². The predicted molar refractivity (Wildman–Crippen MR) is 81.8 cm³/mol. The first-order valence-electron chi connectivity index (χ1n) is 7.40. The highest BCUT2D eigenvalue weighted by molar-refractivity contribution is 5.98. The highest BCUT2D eigenvalue weighted by Gasteiger charge is 2.63. The zero-order chi connectivity index (χ0) is 19.0. The van der Waals surface area contributed by atoms with Crippen LogP contribution in [0.4, 0.5) is 18.9 Å². The van der Waals surface area contributed by atoms with Crippen molar-refractivity contribution in [1.29, 1.82) is 0 Å². The summed E-state index contributed by atoms with van der Waals surface area (Å²) >= 11 is 0. The summed E-state index contributed by atoms with van der Waals surface area (Å²) in [5, 5.41) is 24.4. The zero-order valence-electron chi connectivity index (χ0n) is 13.4. The maximum Gasteiger partial charge on any atom is 0.438 e. The fourth-order valence-corrected chi connectivity index (χ4v) is 2.48. The molecule has 0 spiro atoms. The van der Waals surface area contributed by atoms with Crippen molar-refractivity contribution in [2.24, 2.45) is 11.0 Å². The maximum absolute atomic E-state index is 13.3. The van der Waals surface area contributed by atoms with Gasteiger partial charge in [0.25, 0.3) is 17.3 Å². The topological polar surface area (TPSA) is 96.0 Å². The van der Waals surface area contributed by atoms with Gasteiger partial charge in [0.05, 0.1) is 4.92 Å². The Balaban J connectivity index is 2.38. The van der Waals surface area contributed by atoms with Gasteiger partial charge in [0.1, 0.15) is 0 Å². The molecule has 2 rings (SSSR count). The molecule has 1 N–H and O–H groups in total. The average molecular weight is 359 g/mol. The summed E-state index contributed by atoms with van der Waals surface area (Å²) < 4.78 is 40.0. The van der Waals surface area contributed by atoms with Gasteiger partial charge in [-0.2, -0.15) is 23.3 Å². The predicted octanol–water partition coefficient (Wildman–Crippen LogP) is 3.09. The van der Waals surface area contributed by atoms with Gasteiger partial charge < -0.3 is 5.11 Å². The number of alkyl halides is 3. The smallest absolute Gasteiger partial charge is 0.362 e. The largest absolute Gasteiger partial charge is 0.438 e. The van der Waals surface area contributed by atoms with E-state index < -0.39 is 29.2 Å². The molecule has 1 unspecified atom stereocenters. The lowest BCUT2D eigenvalue weighted by molar-refractivity contribution is -0.384. The van der Waals surface area contributed by atoms with Crippen molar-refractivity contribution in [1.82, 2.24) is 5.01 Å². The van der Waals surface area contributed by atoms with Crippen LogP contribution in [0.1, 0.15) is 37.0 Å². The molecule has 0 bridgehead atoms. The summed E-state index contributed by atoms with van der Waals surface area (Å²) in [5.41, 5.74) is -3.93. The number of hydrogen-bond donors (Lipinski definition) is 1. The Morgan fingerprint density at radius 2 is 1.96 bits per heavy atom. The molecule has 25 heavy (non-hydrogen) atoms. The molecule has 136 valence electrons. The summed E-state index contributed by atoms with van der Waals surface area (Å²) in [6.45, 7) is 3.55. The van der Waals surface area contributed by atoms with Crippen LogP contribution in [0.15, 0.2) is 29.4 Å². The van der Waals surface area contributed by atoms with E-state index in [1.54, 1.807) is 13.8 Å². The Morgan fingerprint density at radius 3 is 2.40 bits per heavy atom. The Morgan fingerprint density at radius 1 is 1.40 bits per heavy atom. The minimum Gasteiger partial charge on any atom is -0.362 e. The van der Waals surface area contributed by atoms with Crippen molar-refractivity contribution in [3.8, 4) is 0 Å². The number of non-ortho nitro benzene ring substituents is 1. The van der Waals surface area contributed by atoms with Crippen molar-refractivity contribution in [3.05, 3.63) is 39.9 Å². The summed E-state index contributed by atoms with van der Waals surface area (Å²) in [5.74, 6) is -1.20. The quantitative estimate of drug-likeness (QED) is 0.660.